The van der Waals surface area contributed by atoms with Gasteiger partial charge in [0.15, 0.2) is 0 Å². The Balaban J connectivity index is 1.34. The number of ether oxygens (including phenoxy) is 2. The normalized spacial score (nSPS) is 22.4. The number of rotatable bonds is 8. The van der Waals surface area contributed by atoms with Gasteiger partial charge >= 0.3 is 5.97 Å². The molecule has 2 saturated heterocycles. The number of cyclic esters (lactones) is 1. The van der Waals surface area contributed by atoms with Gasteiger partial charge in [0.25, 0.3) is 5.91 Å². The van der Waals surface area contributed by atoms with E-state index in [1.54, 1.807) is 37.3 Å². The minimum Gasteiger partial charge on any atom is -0.433 e. The Morgan fingerprint density at radius 3 is 2.49 bits per heavy atom. The van der Waals surface area contributed by atoms with Crippen LogP contribution in [0.15, 0.2) is 60.7 Å². The maximum atomic E-state index is 13.1. The van der Waals surface area contributed by atoms with E-state index in [0.29, 0.717) is 24.9 Å². The number of hydrogen-bond acceptors (Lipinski definition) is 6. The van der Waals surface area contributed by atoms with E-state index in [-0.39, 0.29) is 30.7 Å². The quantitative estimate of drug-likeness (QED) is 0.558. The second kappa shape index (κ2) is 11.1. The van der Waals surface area contributed by atoms with Crippen molar-refractivity contribution in [1.29, 1.82) is 0 Å². The van der Waals surface area contributed by atoms with E-state index in [2.05, 4.69) is 10.6 Å². The zero-order chi connectivity index (χ0) is 24.8. The second-order valence-corrected chi connectivity index (χ2v) is 8.72. The summed E-state index contributed by atoms with van der Waals surface area (Å²) in [5.41, 5.74) is 1.37. The average Bonchev–Trinajstić information content (AvgIpc) is 3.50. The van der Waals surface area contributed by atoms with Gasteiger partial charge in [-0.1, -0.05) is 48.5 Å². The summed E-state index contributed by atoms with van der Waals surface area (Å²) in [6, 6.07) is 15.9. The maximum Gasteiger partial charge on any atom is 0.310 e. The number of carbonyl (C=O) groups is 4. The van der Waals surface area contributed by atoms with Crippen molar-refractivity contribution in [3.63, 3.8) is 0 Å². The van der Waals surface area contributed by atoms with E-state index in [0.717, 1.165) is 5.56 Å². The minimum absolute atomic E-state index is 0.00456. The zero-order valence-corrected chi connectivity index (χ0v) is 19.5. The fourth-order valence-corrected chi connectivity index (χ4v) is 4.32. The number of benzene rings is 2. The smallest absolute Gasteiger partial charge is 0.310 e. The summed E-state index contributed by atoms with van der Waals surface area (Å²) in [4.78, 5) is 52.0. The zero-order valence-electron chi connectivity index (χ0n) is 19.5. The monoisotopic (exact) mass is 479 g/mol. The summed E-state index contributed by atoms with van der Waals surface area (Å²) in [6.07, 6.45) is 0.252. The van der Waals surface area contributed by atoms with Gasteiger partial charge in [0.2, 0.25) is 18.1 Å². The lowest BCUT2D eigenvalue weighted by atomic mass is 10.1. The number of nitrogens with one attached hydrogen (secondary N) is 2. The molecule has 9 nitrogen and oxygen atoms in total. The minimum atomic E-state index is -0.902. The highest BCUT2D eigenvalue weighted by atomic mass is 16.7. The standard InChI is InChI=1S/C26H29N3O6/c1-17(27-23(31)19-11-6-3-7-12-19)25(33)29-14-8-13-21(29)24(32)28-20-15-22(30)35-26(20)34-16-18-9-4-2-5-10-18/h2-7,9-12,17,20-21,26H,8,13-16H2,1H3,(H,27,31)(H,28,32)/t17-,20?,21-,26?/m0/s1. The largest absolute Gasteiger partial charge is 0.433 e. The summed E-state index contributed by atoms with van der Waals surface area (Å²) >= 11 is 0. The van der Waals surface area contributed by atoms with Crippen LogP contribution in [0.3, 0.4) is 0 Å². The van der Waals surface area contributed by atoms with Crippen LogP contribution in [0.25, 0.3) is 0 Å². The van der Waals surface area contributed by atoms with Crippen molar-refractivity contribution < 1.29 is 28.7 Å². The molecule has 2 aromatic rings. The SMILES string of the molecule is C[C@H](NC(=O)c1ccccc1)C(=O)N1CCC[C@H]1C(=O)NC1CC(=O)OC1OCc1ccccc1. The Morgan fingerprint density at radius 1 is 1.09 bits per heavy atom. The number of esters is 1. The molecule has 0 bridgehead atoms. The number of hydrogen-bond donors (Lipinski definition) is 2. The van der Waals surface area contributed by atoms with E-state index in [4.69, 9.17) is 9.47 Å². The molecule has 3 amide bonds. The van der Waals surface area contributed by atoms with Gasteiger partial charge in [0.1, 0.15) is 18.1 Å². The fourth-order valence-electron chi connectivity index (χ4n) is 4.32. The Hall–Kier alpha value is -3.72. The van der Waals surface area contributed by atoms with Crippen LogP contribution in [0.2, 0.25) is 0 Å². The van der Waals surface area contributed by atoms with Gasteiger partial charge in [-0.25, -0.2) is 0 Å². The highest BCUT2D eigenvalue weighted by Crippen LogP contribution is 2.22. The molecule has 2 unspecified atom stereocenters. The first-order valence-corrected chi connectivity index (χ1v) is 11.7. The summed E-state index contributed by atoms with van der Waals surface area (Å²) in [6.45, 7) is 2.25. The Morgan fingerprint density at radius 2 is 1.77 bits per heavy atom. The number of amides is 3. The Kier molecular flexibility index (Phi) is 7.77. The molecule has 2 aromatic carbocycles. The van der Waals surface area contributed by atoms with Crippen LogP contribution in [0.4, 0.5) is 0 Å². The molecule has 0 spiro atoms. The van der Waals surface area contributed by atoms with Gasteiger partial charge in [0, 0.05) is 12.1 Å². The summed E-state index contributed by atoms with van der Waals surface area (Å²) in [5, 5.41) is 5.54. The van der Waals surface area contributed by atoms with E-state index in [9.17, 15) is 19.2 Å². The molecule has 2 aliphatic rings. The van der Waals surface area contributed by atoms with Crippen LogP contribution < -0.4 is 10.6 Å². The second-order valence-electron chi connectivity index (χ2n) is 8.72. The van der Waals surface area contributed by atoms with Crippen molar-refractivity contribution in [3.05, 3.63) is 71.8 Å². The molecule has 0 saturated carbocycles. The highest BCUT2D eigenvalue weighted by molar-refractivity contribution is 5.98. The van der Waals surface area contributed by atoms with Crippen molar-refractivity contribution in [2.24, 2.45) is 0 Å². The predicted octanol–water partition coefficient (Wildman–Crippen LogP) is 1.77. The van der Waals surface area contributed by atoms with Gasteiger partial charge in [0.05, 0.1) is 13.0 Å². The van der Waals surface area contributed by atoms with Gasteiger partial charge in [-0.15, -0.1) is 0 Å². The molecule has 184 valence electrons. The topological polar surface area (TPSA) is 114 Å². The molecule has 0 aromatic heterocycles. The first-order valence-electron chi connectivity index (χ1n) is 11.7. The predicted molar refractivity (Wildman–Crippen MR) is 126 cm³/mol. The lowest BCUT2D eigenvalue weighted by Gasteiger charge is -2.28. The summed E-state index contributed by atoms with van der Waals surface area (Å²) < 4.78 is 11.0. The van der Waals surface area contributed by atoms with E-state index >= 15 is 0 Å². The van der Waals surface area contributed by atoms with Crippen LogP contribution in [0.5, 0.6) is 0 Å². The molecule has 0 radical (unpaired) electrons. The first kappa shape index (κ1) is 24.4. The van der Waals surface area contributed by atoms with Crippen molar-refractivity contribution in [3.8, 4) is 0 Å². The van der Waals surface area contributed by atoms with Crippen molar-refractivity contribution in [2.75, 3.05) is 6.54 Å². The first-order chi connectivity index (χ1) is 16.9. The average molecular weight is 480 g/mol. The fraction of sp³-hybridized carbons (Fsp3) is 0.385. The van der Waals surface area contributed by atoms with Crippen molar-refractivity contribution in [2.45, 2.75) is 57.2 Å². The third-order valence-corrected chi connectivity index (χ3v) is 6.14. The lowest BCUT2D eigenvalue weighted by Crippen LogP contribution is -2.54. The van der Waals surface area contributed by atoms with Gasteiger partial charge in [-0.3, -0.25) is 19.2 Å². The lowest BCUT2D eigenvalue weighted by molar-refractivity contribution is -0.168. The van der Waals surface area contributed by atoms with Crippen LogP contribution in [0, 0.1) is 0 Å². The van der Waals surface area contributed by atoms with Crippen LogP contribution >= 0.6 is 0 Å². The number of likely N-dealkylation sites (tertiary alicyclic amines) is 1. The van der Waals surface area contributed by atoms with E-state index in [1.807, 2.05) is 30.3 Å². The van der Waals surface area contributed by atoms with E-state index < -0.39 is 30.4 Å². The molecule has 2 aliphatic heterocycles. The maximum absolute atomic E-state index is 13.1. The van der Waals surface area contributed by atoms with Gasteiger partial charge in [-0.2, -0.15) is 0 Å². The van der Waals surface area contributed by atoms with Crippen LogP contribution in [-0.2, 0) is 30.5 Å². The molecule has 4 rings (SSSR count). The molecule has 2 fully saturated rings. The molecule has 2 N–H and O–H groups in total. The van der Waals surface area contributed by atoms with Gasteiger partial charge < -0.3 is 25.0 Å². The van der Waals surface area contributed by atoms with Crippen LogP contribution in [-0.4, -0.2) is 59.6 Å². The molecule has 9 heteroatoms. The van der Waals surface area contributed by atoms with Crippen molar-refractivity contribution >= 4 is 23.7 Å². The van der Waals surface area contributed by atoms with E-state index in [1.165, 1.54) is 4.90 Å². The number of nitrogens with zero attached hydrogens (tertiary/aromatic N) is 1. The molecule has 2 heterocycles. The molecular weight excluding hydrogens is 450 g/mol. The van der Waals surface area contributed by atoms with Crippen LogP contribution in [0.1, 0.15) is 42.1 Å². The third-order valence-electron chi connectivity index (χ3n) is 6.14. The highest BCUT2D eigenvalue weighted by Gasteiger charge is 2.41. The Bertz CT molecular complexity index is 1060. The number of carbonyl (C=O) groups excluding carboxylic acids is 4. The van der Waals surface area contributed by atoms with Crippen molar-refractivity contribution in [1.82, 2.24) is 15.5 Å². The van der Waals surface area contributed by atoms with Gasteiger partial charge in [-0.05, 0) is 37.5 Å². The molecule has 35 heavy (non-hydrogen) atoms. The summed E-state index contributed by atoms with van der Waals surface area (Å²) in [5.74, 6) is -1.51. The molecular formula is C26H29N3O6. The Labute approximate surface area is 203 Å². The molecule has 4 atom stereocenters. The summed E-state index contributed by atoms with van der Waals surface area (Å²) in [7, 11) is 0. The molecule has 0 aliphatic carbocycles. The third kappa shape index (κ3) is 6.05.